The maximum absolute atomic E-state index is 6.05. The van der Waals surface area contributed by atoms with Crippen LogP contribution in [0.15, 0.2) is 54.6 Å². The van der Waals surface area contributed by atoms with Gasteiger partial charge in [-0.2, -0.15) is 0 Å². The molecule has 0 aliphatic rings. The van der Waals surface area contributed by atoms with E-state index >= 15 is 0 Å². The molecule has 0 bridgehead atoms. The van der Waals surface area contributed by atoms with Gasteiger partial charge in [-0.3, -0.25) is 0 Å². The Kier molecular flexibility index (Phi) is 5.00. The Morgan fingerprint density at radius 3 is 2.16 bits per heavy atom. The van der Waals surface area contributed by atoms with E-state index in [2.05, 4.69) is 61.5 Å². The lowest BCUT2D eigenvalue weighted by Gasteiger charge is -2.24. The molecule has 1 unspecified atom stereocenters. The third-order valence-electron chi connectivity index (χ3n) is 3.40. The number of rotatable bonds is 5. The van der Waals surface area contributed by atoms with Crippen LogP contribution in [0.25, 0.3) is 0 Å². The maximum atomic E-state index is 6.05. The molecule has 0 aromatic heterocycles. The lowest BCUT2D eigenvalue weighted by Crippen LogP contribution is -2.32. The van der Waals surface area contributed by atoms with Crippen LogP contribution in [-0.4, -0.2) is 25.0 Å². The molecule has 1 atom stereocenters. The van der Waals surface area contributed by atoms with Gasteiger partial charge in [0.15, 0.2) is 0 Å². The Morgan fingerprint density at radius 2 is 1.53 bits per heavy atom. The highest BCUT2D eigenvalue weighted by molar-refractivity contribution is 6.30. The van der Waals surface area contributed by atoms with Gasteiger partial charge in [0, 0.05) is 11.1 Å². The predicted octanol–water partition coefficient (Wildman–Crippen LogP) is 4.06. The van der Waals surface area contributed by atoms with Crippen molar-refractivity contribution in [1.29, 1.82) is 0 Å². The van der Waals surface area contributed by atoms with Crippen molar-refractivity contribution in [1.82, 2.24) is 4.90 Å². The Labute approximate surface area is 120 Å². The second-order valence-corrected chi connectivity index (χ2v) is 5.58. The highest BCUT2D eigenvalue weighted by Crippen LogP contribution is 2.16. The first-order chi connectivity index (χ1) is 9.15. The first-order valence-electron chi connectivity index (χ1n) is 6.60. The molecule has 2 aromatic carbocycles. The van der Waals surface area contributed by atoms with Gasteiger partial charge < -0.3 is 4.90 Å². The van der Waals surface area contributed by atoms with Crippen molar-refractivity contribution in [3.63, 3.8) is 0 Å². The van der Waals surface area contributed by atoms with Crippen LogP contribution in [0, 0.1) is 0 Å². The Balaban J connectivity index is 2.08. The molecule has 0 saturated carbocycles. The smallest absolute Gasteiger partial charge is 0.0408 e. The summed E-state index contributed by atoms with van der Waals surface area (Å²) in [5, 5.41) is 0.815. The molecule has 0 aliphatic carbocycles. The lowest BCUT2D eigenvalue weighted by molar-refractivity contribution is 0.289. The lowest BCUT2D eigenvalue weighted by atomic mass is 9.98. The third kappa shape index (κ3) is 4.38. The van der Waals surface area contributed by atoms with E-state index in [-0.39, 0.29) is 0 Å². The average Bonchev–Trinajstić information content (AvgIpc) is 2.39. The molecule has 0 radical (unpaired) electrons. The van der Waals surface area contributed by atoms with E-state index in [0.717, 1.165) is 17.9 Å². The normalized spacial score (nSPS) is 12.6. The summed E-state index contributed by atoms with van der Waals surface area (Å²) in [6.07, 6.45) is 2.07. The Hall–Kier alpha value is -1.31. The summed E-state index contributed by atoms with van der Waals surface area (Å²) in [6.45, 7) is 0. The van der Waals surface area contributed by atoms with Crippen molar-refractivity contribution in [2.75, 3.05) is 14.1 Å². The fraction of sp³-hybridized carbons (Fsp3) is 0.294. The van der Waals surface area contributed by atoms with E-state index < -0.39 is 0 Å². The minimum atomic E-state index is 0.487. The number of likely N-dealkylation sites (N-methyl/N-ethyl adjacent to an activating group) is 1. The SMILES string of the molecule is CN(C)C(Cc1ccccc1)Cc1cccc(Cl)c1. The minimum absolute atomic E-state index is 0.487. The molecule has 1 nitrogen and oxygen atoms in total. The third-order valence-corrected chi connectivity index (χ3v) is 3.64. The molecule has 19 heavy (non-hydrogen) atoms. The first kappa shape index (κ1) is 14.1. The number of nitrogens with zero attached hydrogens (tertiary/aromatic N) is 1. The standard InChI is InChI=1S/C17H20ClN/c1-19(2)17(12-14-7-4-3-5-8-14)13-15-9-6-10-16(18)11-15/h3-11,17H,12-13H2,1-2H3. The molecular weight excluding hydrogens is 254 g/mol. The van der Waals surface area contributed by atoms with Crippen molar-refractivity contribution in [2.45, 2.75) is 18.9 Å². The van der Waals surface area contributed by atoms with Gasteiger partial charge in [-0.05, 0) is 50.2 Å². The second-order valence-electron chi connectivity index (χ2n) is 5.14. The molecule has 0 fully saturated rings. The molecule has 100 valence electrons. The monoisotopic (exact) mass is 273 g/mol. The zero-order valence-electron chi connectivity index (χ0n) is 11.5. The van der Waals surface area contributed by atoms with Crippen LogP contribution in [-0.2, 0) is 12.8 Å². The summed E-state index contributed by atoms with van der Waals surface area (Å²) >= 11 is 6.05. The van der Waals surface area contributed by atoms with Crippen LogP contribution < -0.4 is 0 Å². The molecule has 2 rings (SSSR count). The molecule has 0 aliphatic heterocycles. The van der Waals surface area contributed by atoms with Gasteiger partial charge in [0.1, 0.15) is 0 Å². The van der Waals surface area contributed by atoms with Crippen molar-refractivity contribution in [3.05, 3.63) is 70.7 Å². The zero-order chi connectivity index (χ0) is 13.7. The van der Waals surface area contributed by atoms with E-state index in [1.807, 2.05) is 12.1 Å². The Morgan fingerprint density at radius 1 is 0.895 bits per heavy atom. The highest BCUT2D eigenvalue weighted by Gasteiger charge is 2.13. The van der Waals surface area contributed by atoms with Crippen molar-refractivity contribution < 1.29 is 0 Å². The van der Waals surface area contributed by atoms with Gasteiger partial charge in [0.05, 0.1) is 0 Å². The molecule has 2 heteroatoms. The van der Waals surface area contributed by atoms with E-state index in [9.17, 15) is 0 Å². The van der Waals surface area contributed by atoms with Gasteiger partial charge in [0.2, 0.25) is 0 Å². The van der Waals surface area contributed by atoms with Gasteiger partial charge in [-0.1, -0.05) is 54.1 Å². The van der Waals surface area contributed by atoms with E-state index in [1.54, 1.807) is 0 Å². The van der Waals surface area contributed by atoms with Crippen LogP contribution in [0.5, 0.6) is 0 Å². The highest BCUT2D eigenvalue weighted by atomic mass is 35.5. The van der Waals surface area contributed by atoms with E-state index in [1.165, 1.54) is 11.1 Å². The number of halogens is 1. The summed E-state index contributed by atoms with van der Waals surface area (Å²) in [7, 11) is 4.27. The molecule has 0 heterocycles. The first-order valence-corrected chi connectivity index (χ1v) is 6.98. The number of hydrogen-bond acceptors (Lipinski definition) is 1. The maximum Gasteiger partial charge on any atom is 0.0408 e. The van der Waals surface area contributed by atoms with Gasteiger partial charge in [-0.25, -0.2) is 0 Å². The minimum Gasteiger partial charge on any atom is -0.306 e. The van der Waals surface area contributed by atoms with Crippen molar-refractivity contribution >= 4 is 11.6 Å². The van der Waals surface area contributed by atoms with Crippen LogP contribution in [0.2, 0.25) is 5.02 Å². The molecule has 0 amide bonds. The second kappa shape index (κ2) is 6.74. The summed E-state index contributed by atoms with van der Waals surface area (Å²) in [5.41, 5.74) is 2.67. The summed E-state index contributed by atoms with van der Waals surface area (Å²) < 4.78 is 0. The van der Waals surface area contributed by atoms with Gasteiger partial charge >= 0.3 is 0 Å². The summed E-state index contributed by atoms with van der Waals surface area (Å²) in [5.74, 6) is 0. The average molecular weight is 274 g/mol. The topological polar surface area (TPSA) is 3.24 Å². The van der Waals surface area contributed by atoms with Crippen LogP contribution in [0.1, 0.15) is 11.1 Å². The number of hydrogen-bond donors (Lipinski definition) is 0. The predicted molar refractivity (Wildman–Crippen MR) is 82.8 cm³/mol. The van der Waals surface area contributed by atoms with Gasteiger partial charge in [-0.15, -0.1) is 0 Å². The largest absolute Gasteiger partial charge is 0.306 e. The summed E-state index contributed by atoms with van der Waals surface area (Å²) in [4.78, 5) is 2.29. The fourth-order valence-corrected chi connectivity index (χ4v) is 2.47. The Bertz CT molecular complexity index is 508. The number of benzene rings is 2. The van der Waals surface area contributed by atoms with Crippen LogP contribution >= 0.6 is 11.6 Å². The van der Waals surface area contributed by atoms with Crippen molar-refractivity contribution in [3.8, 4) is 0 Å². The molecule has 0 spiro atoms. The molecule has 0 N–H and O–H groups in total. The van der Waals surface area contributed by atoms with Crippen LogP contribution in [0.4, 0.5) is 0 Å². The quantitative estimate of drug-likeness (QED) is 0.794. The van der Waals surface area contributed by atoms with Crippen molar-refractivity contribution in [2.24, 2.45) is 0 Å². The van der Waals surface area contributed by atoms with E-state index in [4.69, 9.17) is 11.6 Å². The molecule has 0 saturated heterocycles. The van der Waals surface area contributed by atoms with E-state index in [0.29, 0.717) is 6.04 Å². The van der Waals surface area contributed by atoms with Crippen LogP contribution in [0.3, 0.4) is 0 Å². The molecule has 2 aromatic rings. The zero-order valence-corrected chi connectivity index (χ0v) is 12.3. The molecular formula is C17H20ClN. The summed E-state index contributed by atoms with van der Waals surface area (Å²) in [6, 6.07) is 19.3. The van der Waals surface area contributed by atoms with Gasteiger partial charge in [0.25, 0.3) is 0 Å². The fourth-order valence-electron chi connectivity index (χ4n) is 2.26.